The van der Waals surface area contributed by atoms with Crippen LogP contribution < -0.4 is 10.0 Å². The topological polar surface area (TPSA) is 87.6 Å². The maximum absolute atomic E-state index is 11.8. The lowest BCUT2D eigenvalue weighted by Gasteiger charge is -2.06. The summed E-state index contributed by atoms with van der Waals surface area (Å²) in [6.07, 6.45) is 1.25. The number of nitrogens with zero attached hydrogens (tertiary/aromatic N) is 1. The number of amidine groups is 1. The summed E-state index contributed by atoms with van der Waals surface area (Å²) < 4.78 is 26.1. The summed E-state index contributed by atoms with van der Waals surface area (Å²) in [4.78, 5) is 15.6. The lowest BCUT2D eigenvalue weighted by atomic mass is 10.2. The molecule has 2 aliphatic rings. The lowest BCUT2D eigenvalue weighted by Crippen LogP contribution is -2.29. The van der Waals surface area contributed by atoms with E-state index in [2.05, 4.69) is 15.0 Å². The van der Waals surface area contributed by atoms with Gasteiger partial charge in [0.15, 0.2) is 0 Å². The minimum absolute atomic E-state index is 0.00253. The van der Waals surface area contributed by atoms with Crippen molar-refractivity contribution in [2.45, 2.75) is 23.8 Å². The Morgan fingerprint density at radius 2 is 2.11 bits per heavy atom. The normalized spacial score (nSPS) is 26.0. The second kappa shape index (κ2) is 4.34. The Balaban J connectivity index is 1.85. The molecule has 0 spiro atoms. The molecular weight excluding hydrogens is 266 g/mol. The molecule has 2 heterocycles. The van der Waals surface area contributed by atoms with Crippen molar-refractivity contribution in [3.8, 4) is 0 Å². The second-order valence-electron chi connectivity index (χ2n) is 4.59. The molecule has 0 bridgehead atoms. The van der Waals surface area contributed by atoms with E-state index in [1.165, 1.54) is 0 Å². The van der Waals surface area contributed by atoms with Gasteiger partial charge in [-0.05, 0) is 18.6 Å². The molecule has 100 valence electrons. The molecule has 0 aromatic heterocycles. The first kappa shape index (κ1) is 12.2. The predicted octanol–water partition coefficient (Wildman–Crippen LogP) is 0.00370. The molecule has 19 heavy (non-hydrogen) atoms. The molecule has 1 fully saturated rings. The maximum atomic E-state index is 11.8. The molecule has 1 saturated heterocycles. The number of rotatable bonds is 2. The third-order valence-electron chi connectivity index (χ3n) is 3.22. The Bertz CT molecular complexity index is 667. The van der Waals surface area contributed by atoms with Crippen LogP contribution in [0.25, 0.3) is 0 Å². The minimum atomic E-state index is -3.48. The number of amides is 1. The van der Waals surface area contributed by atoms with Crippen LogP contribution in [0.15, 0.2) is 34.2 Å². The van der Waals surface area contributed by atoms with Gasteiger partial charge in [0.05, 0.1) is 11.4 Å². The van der Waals surface area contributed by atoms with E-state index in [-0.39, 0.29) is 16.8 Å². The van der Waals surface area contributed by atoms with Crippen molar-refractivity contribution >= 4 is 21.8 Å². The van der Waals surface area contributed by atoms with Crippen LogP contribution in [0.5, 0.6) is 0 Å². The summed E-state index contributed by atoms with van der Waals surface area (Å²) in [6, 6.07) is 6.72. The molecule has 1 amide bonds. The number of nitrogens with one attached hydrogen (secondary N) is 2. The zero-order valence-electron chi connectivity index (χ0n) is 10.1. The largest absolute Gasteiger partial charge is 0.351 e. The minimum Gasteiger partial charge on any atom is -0.351 e. The fourth-order valence-electron chi connectivity index (χ4n) is 2.27. The van der Waals surface area contributed by atoms with Gasteiger partial charge >= 0.3 is 0 Å². The smallest absolute Gasteiger partial charge is 0.263 e. The highest BCUT2D eigenvalue weighted by Crippen LogP contribution is 2.22. The first-order chi connectivity index (χ1) is 9.06. The highest BCUT2D eigenvalue weighted by Gasteiger charge is 2.30. The molecule has 7 heteroatoms. The third kappa shape index (κ3) is 2.21. The molecular formula is C12H13N3O3S. The Kier molecular flexibility index (Phi) is 2.78. The van der Waals surface area contributed by atoms with Crippen LogP contribution in [0, 0.1) is 0 Å². The third-order valence-corrected chi connectivity index (χ3v) is 4.61. The van der Waals surface area contributed by atoms with Crippen LogP contribution in [0.1, 0.15) is 18.4 Å². The van der Waals surface area contributed by atoms with Crippen molar-refractivity contribution in [2.75, 3.05) is 6.54 Å². The molecule has 3 rings (SSSR count). The number of carbonyl (C=O) groups is 1. The number of aliphatic imine (C=N–C) groups is 1. The zero-order valence-corrected chi connectivity index (χ0v) is 10.9. The summed E-state index contributed by atoms with van der Waals surface area (Å²) in [5.74, 6) is 0.384. The van der Waals surface area contributed by atoms with Gasteiger partial charge in [-0.2, -0.15) is 0 Å². The highest BCUT2D eigenvalue weighted by atomic mass is 32.2. The van der Waals surface area contributed by atoms with Gasteiger partial charge in [-0.25, -0.2) is 8.42 Å². The van der Waals surface area contributed by atoms with Gasteiger partial charge in [0, 0.05) is 18.0 Å². The zero-order chi connectivity index (χ0) is 13.5. The van der Waals surface area contributed by atoms with Crippen molar-refractivity contribution in [2.24, 2.45) is 4.99 Å². The summed E-state index contributed by atoms with van der Waals surface area (Å²) in [6.45, 7) is 0.387. The van der Waals surface area contributed by atoms with Gasteiger partial charge in [0.2, 0.25) is 5.91 Å². The fourth-order valence-corrected chi connectivity index (χ4v) is 3.52. The summed E-state index contributed by atoms with van der Waals surface area (Å²) in [7, 11) is -3.48. The van der Waals surface area contributed by atoms with Crippen molar-refractivity contribution in [1.29, 1.82) is 0 Å². The van der Waals surface area contributed by atoms with Crippen LogP contribution in [0.2, 0.25) is 0 Å². The van der Waals surface area contributed by atoms with Crippen molar-refractivity contribution in [3.05, 3.63) is 29.8 Å². The Labute approximate surface area is 111 Å². The van der Waals surface area contributed by atoms with E-state index >= 15 is 0 Å². The molecule has 2 N–H and O–H groups in total. The standard InChI is InChI=1S/C12H13N3O3S/c16-11-6-5-8(14-11)7-13-12-9-3-1-2-4-10(9)19(17,18)15-12/h1-4,8H,5-7H2,(H,13,15)(H,14,16). The van der Waals surface area contributed by atoms with E-state index in [9.17, 15) is 13.2 Å². The van der Waals surface area contributed by atoms with E-state index in [1.54, 1.807) is 24.3 Å². The van der Waals surface area contributed by atoms with Crippen molar-refractivity contribution < 1.29 is 13.2 Å². The van der Waals surface area contributed by atoms with E-state index in [4.69, 9.17) is 0 Å². The number of hydrogen-bond acceptors (Lipinski definition) is 4. The monoisotopic (exact) mass is 279 g/mol. The average molecular weight is 279 g/mol. The second-order valence-corrected chi connectivity index (χ2v) is 6.24. The number of hydrogen-bond donors (Lipinski definition) is 2. The van der Waals surface area contributed by atoms with Gasteiger partial charge in [-0.1, -0.05) is 12.1 Å². The number of benzene rings is 1. The molecule has 0 saturated carbocycles. The van der Waals surface area contributed by atoms with E-state index in [1.807, 2.05) is 0 Å². The quantitative estimate of drug-likeness (QED) is 0.799. The van der Waals surface area contributed by atoms with Crippen molar-refractivity contribution in [3.63, 3.8) is 0 Å². The Hall–Kier alpha value is -1.89. The SMILES string of the molecule is O=C1CCC(CN=C2NS(=O)(=O)c3ccccc32)N1. The predicted molar refractivity (Wildman–Crippen MR) is 69.3 cm³/mol. The molecule has 2 aliphatic heterocycles. The van der Waals surface area contributed by atoms with E-state index in [0.29, 0.717) is 24.4 Å². The van der Waals surface area contributed by atoms with Crippen molar-refractivity contribution in [1.82, 2.24) is 10.0 Å². The van der Waals surface area contributed by atoms with Crippen LogP contribution in [-0.4, -0.2) is 32.7 Å². The average Bonchev–Trinajstić information content (AvgIpc) is 2.90. The maximum Gasteiger partial charge on any atom is 0.263 e. The molecule has 6 nitrogen and oxygen atoms in total. The fraction of sp³-hybridized carbons (Fsp3) is 0.333. The van der Waals surface area contributed by atoms with Crippen LogP contribution in [-0.2, 0) is 14.8 Å². The summed E-state index contributed by atoms with van der Waals surface area (Å²) in [5.41, 5.74) is 0.590. The first-order valence-corrected chi connectivity index (χ1v) is 7.50. The summed E-state index contributed by atoms with van der Waals surface area (Å²) >= 11 is 0. The lowest BCUT2D eigenvalue weighted by molar-refractivity contribution is -0.119. The Morgan fingerprint density at radius 3 is 2.84 bits per heavy atom. The number of sulfonamides is 1. The molecule has 1 unspecified atom stereocenters. The molecule has 1 atom stereocenters. The number of carbonyl (C=O) groups excluding carboxylic acids is 1. The van der Waals surface area contributed by atoms with Gasteiger partial charge in [0.25, 0.3) is 10.0 Å². The number of fused-ring (bicyclic) bond motifs is 1. The molecule has 0 radical (unpaired) electrons. The van der Waals surface area contributed by atoms with Gasteiger partial charge < -0.3 is 5.32 Å². The van der Waals surface area contributed by atoms with Gasteiger partial charge in [-0.3, -0.25) is 14.5 Å². The molecule has 0 aliphatic carbocycles. The van der Waals surface area contributed by atoms with Crippen LogP contribution in [0.4, 0.5) is 0 Å². The van der Waals surface area contributed by atoms with Gasteiger partial charge in [-0.15, -0.1) is 0 Å². The molecule has 1 aromatic rings. The first-order valence-electron chi connectivity index (χ1n) is 6.02. The van der Waals surface area contributed by atoms with E-state index < -0.39 is 10.0 Å². The molecule has 1 aromatic carbocycles. The van der Waals surface area contributed by atoms with Gasteiger partial charge in [0.1, 0.15) is 5.84 Å². The highest BCUT2D eigenvalue weighted by molar-refractivity contribution is 7.90. The van der Waals surface area contributed by atoms with Crippen LogP contribution in [0.3, 0.4) is 0 Å². The Morgan fingerprint density at radius 1 is 1.32 bits per heavy atom. The van der Waals surface area contributed by atoms with Crippen LogP contribution >= 0.6 is 0 Å². The summed E-state index contributed by atoms with van der Waals surface area (Å²) in [5, 5.41) is 2.80. The van der Waals surface area contributed by atoms with E-state index in [0.717, 1.165) is 6.42 Å².